The van der Waals surface area contributed by atoms with Crippen LogP contribution in [-0.4, -0.2) is 23.7 Å². The van der Waals surface area contributed by atoms with Crippen LogP contribution in [0.1, 0.15) is 45.3 Å². The number of benzene rings is 1. The lowest BCUT2D eigenvalue weighted by molar-refractivity contribution is -0.123. The maximum Gasteiger partial charge on any atom is 0.258 e. The van der Waals surface area contributed by atoms with E-state index >= 15 is 0 Å². The molecule has 0 aromatic heterocycles. The minimum absolute atomic E-state index is 0.0300. The van der Waals surface area contributed by atoms with Crippen LogP contribution in [0.5, 0.6) is 5.75 Å². The van der Waals surface area contributed by atoms with Gasteiger partial charge in [0.05, 0.1) is 6.10 Å². The number of nitrogens with one attached hydrogen (secondary N) is 1. The van der Waals surface area contributed by atoms with Gasteiger partial charge in [0, 0.05) is 11.6 Å². The third-order valence-electron chi connectivity index (χ3n) is 2.86. The zero-order chi connectivity index (χ0) is 14.3. The Balaban J connectivity index is 2.50. The van der Waals surface area contributed by atoms with E-state index < -0.39 is 6.10 Å². The summed E-state index contributed by atoms with van der Waals surface area (Å²) in [7, 11) is 0. The van der Waals surface area contributed by atoms with Crippen molar-refractivity contribution in [3.05, 3.63) is 29.8 Å². The summed E-state index contributed by atoms with van der Waals surface area (Å²) >= 11 is 0. The van der Waals surface area contributed by atoms with Gasteiger partial charge in [0.1, 0.15) is 5.75 Å². The summed E-state index contributed by atoms with van der Waals surface area (Å²) in [6, 6.07) is 7.35. The summed E-state index contributed by atoms with van der Waals surface area (Å²) in [4.78, 5) is 11.7. The number of rotatable bonds is 7. The molecule has 106 valence electrons. The smallest absolute Gasteiger partial charge is 0.258 e. The SMILES string of the molecule is CCCC(C)NC(=O)COc1ccccc1[C@@H](C)O. The van der Waals surface area contributed by atoms with Gasteiger partial charge in [-0.15, -0.1) is 0 Å². The molecule has 0 heterocycles. The second-order valence-corrected chi connectivity index (χ2v) is 4.76. The fraction of sp³-hybridized carbons (Fsp3) is 0.533. The van der Waals surface area contributed by atoms with Gasteiger partial charge >= 0.3 is 0 Å². The molecule has 0 saturated carbocycles. The van der Waals surface area contributed by atoms with Gasteiger partial charge in [-0.3, -0.25) is 4.79 Å². The Labute approximate surface area is 114 Å². The van der Waals surface area contributed by atoms with Crippen LogP contribution < -0.4 is 10.1 Å². The van der Waals surface area contributed by atoms with Crippen molar-refractivity contribution < 1.29 is 14.6 Å². The van der Waals surface area contributed by atoms with Gasteiger partial charge in [-0.05, 0) is 26.3 Å². The fourth-order valence-corrected chi connectivity index (χ4v) is 1.92. The van der Waals surface area contributed by atoms with Gasteiger partial charge in [-0.25, -0.2) is 0 Å². The molecule has 0 fully saturated rings. The van der Waals surface area contributed by atoms with Crippen molar-refractivity contribution in [3.63, 3.8) is 0 Å². The number of ether oxygens (including phenoxy) is 1. The van der Waals surface area contributed by atoms with Crippen molar-refractivity contribution in [2.45, 2.75) is 45.8 Å². The van der Waals surface area contributed by atoms with Crippen molar-refractivity contribution in [2.75, 3.05) is 6.61 Å². The molecule has 0 aliphatic rings. The quantitative estimate of drug-likeness (QED) is 0.796. The normalized spacial score (nSPS) is 13.7. The molecule has 0 aliphatic heterocycles. The van der Waals surface area contributed by atoms with Crippen LogP contribution in [-0.2, 0) is 4.79 Å². The molecule has 0 saturated heterocycles. The molecular formula is C15H23NO3. The maximum atomic E-state index is 11.7. The highest BCUT2D eigenvalue weighted by molar-refractivity contribution is 5.77. The summed E-state index contributed by atoms with van der Waals surface area (Å²) in [6.07, 6.45) is 1.38. The number of hydrogen-bond donors (Lipinski definition) is 2. The Morgan fingerprint density at radius 3 is 2.68 bits per heavy atom. The van der Waals surface area contributed by atoms with E-state index in [-0.39, 0.29) is 18.6 Å². The van der Waals surface area contributed by atoms with Crippen LogP contribution in [0.4, 0.5) is 0 Å². The second-order valence-electron chi connectivity index (χ2n) is 4.76. The van der Waals surface area contributed by atoms with Gasteiger partial charge in [-0.1, -0.05) is 31.5 Å². The van der Waals surface area contributed by atoms with Crippen molar-refractivity contribution in [2.24, 2.45) is 0 Å². The molecule has 2 N–H and O–H groups in total. The zero-order valence-electron chi connectivity index (χ0n) is 11.8. The van der Waals surface area contributed by atoms with Gasteiger partial charge in [0.15, 0.2) is 6.61 Å². The molecule has 0 radical (unpaired) electrons. The third-order valence-corrected chi connectivity index (χ3v) is 2.86. The zero-order valence-corrected chi connectivity index (χ0v) is 11.8. The molecule has 4 heteroatoms. The lowest BCUT2D eigenvalue weighted by Gasteiger charge is -2.15. The molecule has 1 aromatic carbocycles. The van der Waals surface area contributed by atoms with Crippen LogP contribution in [0.2, 0.25) is 0 Å². The number of hydrogen-bond acceptors (Lipinski definition) is 3. The van der Waals surface area contributed by atoms with Gasteiger partial charge in [-0.2, -0.15) is 0 Å². The molecule has 1 amide bonds. The van der Waals surface area contributed by atoms with Crippen LogP contribution in [0, 0.1) is 0 Å². The third kappa shape index (κ3) is 5.30. The molecule has 0 spiro atoms. The van der Waals surface area contributed by atoms with E-state index in [2.05, 4.69) is 12.2 Å². The molecule has 1 aromatic rings. The topological polar surface area (TPSA) is 58.6 Å². The van der Waals surface area contributed by atoms with Crippen molar-refractivity contribution in [1.29, 1.82) is 0 Å². The highest BCUT2D eigenvalue weighted by atomic mass is 16.5. The highest BCUT2D eigenvalue weighted by Gasteiger charge is 2.11. The monoisotopic (exact) mass is 265 g/mol. The first-order valence-electron chi connectivity index (χ1n) is 6.73. The average molecular weight is 265 g/mol. The van der Waals surface area contributed by atoms with Crippen molar-refractivity contribution in [1.82, 2.24) is 5.32 Å². The molecule has 0 aliphatic carbocycles. The number of carbonyl (C=O) groups is 1. The van der Waals surface area contributed by atoms with E-state index in [1.165, 1.54) is 0 Å². The van der Waals surface area contributed by atoms with Gasteiger partial charge in [0.2, 0.25) is 0 Å². The second kappa shape index (κ2) is 7.79. The Kier molecular flexibility index (Phi) is 6.36. The number of aliphatic hydroxyl groups excluding tert-OH is 1. The predicted molar refractivity (Wildman–Crippen MR) is 75.1 cm³/mol. The lowest BCUT2D eigenvalue weighted by atomic mass is 10.1. The maximum absolute atomic E-state index is 11.7. The molecule has 2 atom stereocenters. The fourth-order valence-electron chi connectivity index (χ4n) is 1.92. The Bertz CT molecular complexity index is 404. The molecule has 1 rings (SSSR count). The average Bonchev–Trinajstić information content (AvgIpc) is 2.36. The summed E-state index contributed by atoms with van der Waals surface area (Å²) in [5.41, 5.74) is 0.692. The Morgan fingerprint density at radius 2 is 2.05 bits per heavy atom. The predicted octanol–water partition coefficient (Wildman–Crippen LogP) is 2.42. The Hall–Kier alpha value is -1.55. The standard InChI is InChI=1S/C15H23NO3/c1-4-7-11(2)16-15(18)10-19-14-9-6-5-8-13(14)12(3)17/h5-6,8-9,11-12,17H,4,7,10H2,1-3H3,(H,16,18)/t11?,12-/m1/s1. The van der Waals surface area contributed by atoms with Crippen LogP contribution >= 0.6 is 0 Å². The summed E-state index contributed by atoms with van der Waals surface area (Å²) in [6.45, 7) is 5.70. The van der Waals surface area contributed by atoms with Gasteiger partial charge in [0.25, 0.3) is 5.91 Å². The number of amides is 1. The molecule has 4 nitrogen and oxygen atoms in total. The van der Waals surface area contributed by atoms with Crippen LogP contribution in [0.15, 0.2) is 24.3 Å². The first-order chi connectivity index (χ1) is 9.04. The summed E-state index contributed by atoms with van der Waals surface area (Å²) in [5.74, 6) is 0.414. The summed E-state index contributed by atoms with van der Waals surface area (Å²) in [5, 5.41) is 12.5. The van der Waals surface area contributed by atoms with E-state index in [1.54, 1.807) is 19.1 Å². The van der Waals surface area contributed by atoms with E-state index in [0.29, 0.717) is 11.3 Å². The van der Waals surface area contributed by atoms with Gasteiger partial charge < -0.3 is 15.2 Å². The number of carbonyl (C=O) groups excluding carboxylic acids is 1. The summed E-state index contributed by atoms with van der Waals surface area (Å²) < 4.78 is 5.47. The number of aliphatic hydroxyl groups is 1. The highest BCUT2D eigenvalue weighted by Crippen LogP contribution is 2.24. The minimum atomic E-state index is -0.613. The Morgan fingerprint density at radius 1 is 1.37 bits per heavy atom. The number of para-hydroxylation sites is 1. The molecule has 19 heavy (non-hydrogen) atoms. The van der Waals surface area contributed by atoms with E-state index in [4.69, 9.17) is 4.74 Å². The molecule has 1 unspecified atom stereocenters. The van der Waals surface area contributed by atoms with E-state index in [1.807, 2.05) is 19.1 Å². The largest absolute Gasteiger partial charge is 0.483 e. The minimum Gasteiger partial charge on any atom is -0.483 e. The van der Waals surface area contributed by atoms with E-state index in [0.717, 1.165) is 12.8 Å². The first kappa shape index (κ1) is 15.5. The van der Waals surface area contributed by atoms with E-state index in [9.17, 15) is 9.90 Å². The van der Waals surface area contributed by atoms with Crippen molar-refractivity contribution in [3.8, 4) is 5.75 Å². The van der Waals surface area contributed by atoms with Crippen LogP contribution in [0.25, 0.3) is 0 Å². The van der Waals surface area contributed by atoms with Crippen molar-refractivity contribution >= 4 is 5.91 Å². The lowest BCUT2D eigenvalue weighted by Crippen LogP contribution is -2.36. The molecule has 0 bridgehead atoms. The van der Waals surface area contributed by atoms with Crippen LogP contribution in [0.3, 0.4) is 0 Å². The molecular weight excluding hydrogens is 242 g/mol. The first-order valence-corrected chi connectivity index (χ1v) is 6.73.